The summed E-state index contributed by atoms with van der Waals surface area (Å²) in [5.41, 5.74) is 5.56. The SMILES string of the molecule is CC(N)CCNC(=O)COc1cccc(Cl)c1. The molecule has 1 amide bonds. The van der Waals surface area contributed by atoms with Gasteiger partial charge in [-0.3, -0.25) is 4.79 Å². The summed E-state index contributed by atoms with van der Waals surface area (Å²) in [6.07, 6.45) is 0.753. The van der Waals surface area contributed by atoms with Gasteiger partial charge in [-0.1, -0.05) is 17.7 Å². The molecule has 1 unspecified atom stereocenters. The van der Waals surface area contributed by atoms with Crippen molar-refractivity contribution in [2.75, 3.05) is 13.2 Å². The highest BCUT2D eigenvalue weighted by Gasteiger charge is 2.03. The van der Waals surface area contributed by atoms with Crippen LogP contribution in [-0.2, 0) is 4.79 Å². The van der Waals surface area contributed by atoms with Gasteiger partial charge in [-0.25, -0.2) is 0 Å². The number of carbonyl (C=O) groups excluding carboxylic acids is 1. The number of benzene rings is 1. The maximum atomic E-state index is 11.4. The Morgan fingerprint density at radius 1 is 1.59 bits per heavy atom. The first kappa shape index (κ1) is 13.8. The van der Waals surface area contributed by atoms with Gasteiger partial charge in [0.15, 0.2) is 6.61 Å². The monoisotopic (exact) mass is 256 g/mol. The van der Waals surface area contributed by atoms with Crippen LogP contribution < -0.4 is 15.8 Å². The van der Waals surface area contributed by atoms with Crippen molar-refractivity contribution in [3.05, 3.63) is 29.3 Å². The van der Waals surface area contributed by atoms with E-state index in [2.05, 4.69) is 5.32 Å². The Kier molecular flexibility index (Phi) is 5.80. The summed E-state index contributed by atoms with van der Waals surface area (Å²) in [4.78, 5) is 11.4. The van der Waals surface area contributed by atoms with Gasteiger partial charge >= 0.3 is 0 Å². The summed E-state index contributed by atoms with van der Waals surface area (Å²) in [5, 5.41) is 3.31. The van der Waals surface area contributed by atoms with Crippen molar-refractivity contribution in [2.24, 2.45) is 5.73 Å². The lowest BCUT2D eigenvalue weighted by Crippen LogP contribution is -2.32. The van der Waals surface area contributed by atoms with Gasteiger partial charge in [0, 0.05) is 17.6 Å². The van der Waals surface area contributed by atoms with Crippen LogP contribution in [0.15, 0.2) is 24.3 Å². The van der Waals surface area contributed by atoms with Crippen molar-refractivity contribution >= 4 is 17.5 Å². The summed E-state index contributed by atoms with van der Waals surface area (Å²) < 4.78 is 5.28. The highest BCUT2D eigenvalue weighted by molar-refractivity contribution is 6.30. The predicted molar refractivity (Wildman–Crippen MR) is 68.2 cm³/mol. The van der Waals surface area contributed by atoms with Crippen LogP contribution in [0.3, 0.4) is 0 Å². The van der Waals surface area contributed by atoms with E-state index in [0.717, 1.165) is 6.42 Å². The van der Waals surface area contributed by atoms with Crippen molar-refractivity contribution in [1.82, 2.24) is 5.32 Å². The molecule has 17 heavy (non-hydrogen) atoms. The molecule has 0 aliphatic rings. The number of ether oxygens (including phenoxy) is 1. The molecule has 0 bridgehead atoms. The van der Waals surface area contributed by atoms with Crippen LogP contribution in [0.5, 0.6) is 5.75 Å². The van der Waals surface area contributed by atoms with Crippen molar-refractivity contribution in [1.29, 1.82) is 0 Å². The highest BCUT2D eigenvalue weighted by atomic mass is 35.5. The van der Waals surface area contributed by atoms with Crippen molar-refractivity contribution in [3.8, 4) is 5.75 Å². The number of halogens is 1. The molecule has 0 heterocycles. The maximum absolute atomic E-state index is 11.4. The zero-order chi connectivity index (χ0) is 12.7. The molecule has 0 aliphatic heterocycles. The van der Waals surface area contributed by atoms with Gasteiger partial charge in [0.2, 0.25) is 0 Å². The Morgan fingerprint density at radius 3 is 3.00 bits per heavy atom. The zero-order valence-electron chi connectivity index (χ0n) is 9.78. The van der Waals surface area contributed by atoms with E-state index in [4.69, 9.17) is 22.1 Å². The second kappa shape index (κ2) is 7.14. The van der Waals surface area contributed by atoms with Gasteiger partial charge in [0.25, 0.3) is 5.91 Å². The molecule has 0 fully saturated rings. The standard InChI is InChI=1S/C12H17ClN2O2/c1-9(14)5-6-15-12(16)8-17-11-4-2-3-10(13)7-11/h2-4,7,9H,5-6,8,14H2,1H3,(H,15,16). The van der Waals surface area contributed by atoms with Crippen LogP contribution in [0.1, 0.15) is 13.3 Å². The number of nitrogens with one attached hydrogen (secondary N) is 1. The fraction of sp³-hybridized carbons (Fsp3) is 0.417. The van der Waals surface area contributed by atoms with Crippen LogP contribution in [-0.4, -0.2) is 25.1 Å². The molecule has 1 aromatic rings. The predicted octanol–water partition coefficient (Wildman–Crippen LogP) is 1.57. The van der Waals surface area contributed by atoms with E-state index in [1.165, 1.54) is 0 Å². The van der Waals surface area contributed by atoms with Gasteiger partial charge < -0.3 is 15.8 Å². The minimum Gasteiger partial charge on any atom is -0.484 e. The molecule has 0 aromatic heterocycles. The number of nitrogens with two attached hydrogens (primary N) is 1. The molecule has 1 atom stereocenters. The molecule has 0 saturated carbocycles. The smallest absolute Gasteiger partial charge is 0.257 e. The normalized spacial score (nSPS) is 11.9. The molecule has 94 valence electrons. The quantitative estimate of drug-likeness (QED) is 0.812. The van der Waals surface area contributed by atoms with E-state index in [-0.39, 0.29) is 18.6 Å². The lowest BCUT2D eigenvalue weighted by Gasteiger charge is -2.08. The number of rotatable bonds is 6. The lowest BCUT2D eigenvalue weighted by atomic mass is 10.2. The Hall–Kier alpha value is -1.26. The molecule has 1 rings (SSSR count). The van der Waals surface area contributed by atoms with Gasteiger partial charge in [0.1, 0.15) is 5.75 Å². The summed E-state index contributed by atoms with van der Waals surface area (Å²) >= 11 is 5.78. The summed E-state index contributed by atoms with van der Waals surface area (Å²) in [6.45, 7) is 2.45. The number of carbonyl (C=O) groups is 1. The lowest BCUT2D eigenvalue weighted by molar-refractivity contribution is -0.123. The Balaban J connectivity index is 2.24. The second-order valence-electron chi connectivity index (χ2n) is 3.86. The molecule has 0 aliphatic carbocycles. The second-order valence-corrected chi connectivity index (χ2v) is 4.30. The fourth-order valence-corrected chi connectivity index (χ4v) is 1.38. The van der Waals surface area contributed by atoms with Crippen LogP contribution >= 0.6 is 11.6 Å². The Labute approximate surface area is 106 Å². The van der Waals surface area contributed by atoms with Crippen LogP contribution in [0, 0.1) is 0 Å². The number of amides is 1. The van der Waals surface area contributed by atoms with E-state index in [1.54, 1.807) is 24.3 Å². The third-order valence-corrected chi connectivity index (χ3v) is 2.32. The van der Waals surface area contributed by atoms with E-state index in [0.29, 0.717) is 17.3 Å². The molecule has 0 saturated heterocycles. The minimum absolute atomic E-state index is 0.0146. The average Bonchev–Trinajstić information content (AvgIpc) is 2.26. The number of hydrogen-bond acceptors (Lipinski definition) is 3. The number of hydrogen-bond donors (Lipinski definition) is 2. The molecule has 1 aromatic carbocycles. The molecule has 4 nitrogen and oxygen atoms in total. The molecular formula is C12H17ClN2O2. The van der Waals surface area contributed by atoms with Crippen LogP contribution in [0.4, 0.5) is 0 Å². The first-order valence-electron chi connectivity index (χ1n) is 5.48. The first-order chi connectivity index (χ1) is 8.08. The molecular weight excluding hydrogens is 240 g/mol. The fourth-order valence-electron chi connectivity index (χ4n) is 1.20. The molecule has 0 spiro atoms. The van der Waals surface area contributed by atoms with Crippen LogP contribution in [0.2, 0.25) is 5.02 Å². The van der Waals surface area contributed by atoms with Crippen molar-refractivity contribution in [3.63, 3.8) is 0 Å². The van der Waals surface area contributed by atoms with Gasteiger partial charge in [-0.05, 0) is 31.5 Å². The highest BCUT2D eigenvalue weighted by Crippen LogP contribution is 2.16. The van der Waals surface area contributed by atoms with E-state index in [1.807, 2.05) is 6.92 Å². The zero-order valence-corrected chi connectivity index (χ0v) is 10.5. The molecule has 5 heteroatoms. The van der Waals surface area contributed by atoms with Gasteiger partial charge in [-0.15, -0.1) is 0 Å². The maximum Gasteiger partial charge on any atom is 0.257 e. The topological polar surface area (TPSA) is 64.3 Å². The van der Waals surface area contributed by atoms with E-state index in [9.17, 15) is 4.79 Å². The van der Waals surface area contributed by atoms with E-state index < -0.39 is 0 Å². The summed E-state index contributed by atoms with van der Waals surface area (Å²) in [7, 11) is 0. The third kappa shape index (κ3) is 6.14. The van der Waals surface area contributed by atoms with E-state index >= 15 is 0 Å². The molecule has 0 radical (unpaired) electrons. The van der Waals surface area contributed by atoms with Gasteiger partial charge in [0.05, 0.1) is 0 Å². The van der Waals surface area contributed by atoms with Crippen molar-refractivity contribution in [2.45, 2.75) is 19.4 Å². The Morgan fingerprint density at radius 2 is 2.35 bits per heavy atom. The third-order valence-electron chi connectivity index (χ3n) is 2.09. The summed E-state index contributed by atoms with van der Waals surface area (Å²) in [6, 6.07) is 7.02. The average molecular weight is 257 g/mol. The minimum atomic E-state index is -0.161. The van der Waals surface area contributed by atoms with Crippen LogP contribution in [0.25, 0.3) is 0 Å². The van der Waals surface area contributed by atoms with Crippen molar-refractivity contribution < 1.29 is 9.53 Å². The molecule has 3 N–H and O–H groups in total. The summed E-state index contributed by atoms with van der Waals surface area (Å²) in [5.74, 6) is 0.422. The Bertz CT molecular complexity index is 369. The largest absolute Gasteiger partial charge is 0.484 e. The van der Waals surface area contributed by atoms with Gasteiger partial charge in [-0.2, -0.15) is 0 Å². The first-order valence-corrected chi connectivity index (χ1v) is 5.86.